The van der Waals surface area contributed by atoms with Gasteiger partial charge in [-0.2, -0.15) is 0 Å². The van der Waals surface area contributed by atoms with E-state index in [0.29, 0.717) is 27.8 Å². The second-order valence-corrected chi connectivity index (χ2v) is 6.35. The highest BCUT2D eigenvalue weighted by atomic mass is 32.1. The van der Waals surface area contributed by atoms with Crippen LogP contribution < -0.4 is 20.7 Å². The molecular weight excluding hydrogens is 359 g/mol. The second kappa shape index (κ2) is 7.36. The molecule has 9 heteroatoms. The summed E-state index contributed by atoms with van der Waals surface area (Å²) in [5.41, 5.74) is 1.39. The van der Waals surface area contributed by atoms with Gasteiger partial charge in [-0.25, -0.2) is 14.2 Å². The van der Waals surface area contributed by atoms with Gasteiger partial charge in [-0.05, 0) is 24.3 Å². The first-order valence-corrected chi connectivity index (χ1v) is 8.36. The standard InChI is InChI=1S/C17H15FN4O3S/c1-9(23)19-17-22-15-13(25-2)7-12(8-14(15)26-17)21-16(24)20-11-5-3-4-10(18)6-11/h3-8H,1-2H3,(H,19,22,23)(H2,20,21,24). The van der Waals surface area contributed by atoms with E-state index in [2.05, 4.69) is 20.9 Å². The number of nitrogens with zero attached hydrogens (tertiary/aromatic N) is 1. The van der Waals surface area contributed by atoms with Gasteiger partial charge in [0.05, 0.1) is 11.8 Å². The van der Waals surface area contributed by atoms with Crippen molar-refractivity contribution >= 4 is 50.0 Å². The zero-order valence-corrected chi connectivity index (χ0v) is 14.7. The van der Waals surface area contributed by atoms with E-state index < -0.39 is 11.8 Å². The van der Waals surface area contributed by atoms with Gasteiger partial charge in [0.2, 0.25) is 5.91 Å². The minimum absolute atomic E-state index is 0.226. The Balaban J connectivity index is 1.82. The quantitative estimate of drug-likeness (QED) is 0.642. The van der Waals surface area contributed by atoms with Crippen molar-refractivity contribution in [2.24, 2.45) is 0 Å². The zero-order chi connectivity index (χ0) is 18.7. The first-order chi connectivity index (χ1) is 12.4. The largest absolute Gasteiger partial charge is 0.494 e. The van der Waals surface area contributed by atoms with Crippen LogP contribution in [0.2, 0.25) is 0 Å². The van der Waals surface area contributed by atoms with Crippen molar-refractivity contribution < 1.29 is 18.7 Å². The molecule has 0 aliphatic rings. The molecule has 3 rings (SSSR count). The molecule has 0 unspecified atom stereocenters. The summed E-state index contributed by atoms with van der Waals surface area (Å²) >= 11 is 1.26. The minimum atomic E-state index is -0.524. The van der Waals surface area contributed by atoms with E-state index in [9.17, 15) is 14.0 Å². The molecule has 0 fully saturated rings. The van der Waals surface area contributed by atoms with Crippen LogP contribution in [0.15, 0.2) is 36.4 Å². The van der Waals surface area contributed by atoms with E-state index in [1.165, 1.54) is 43.6 Å². The fourth-order valence-corrected chi connectivity index (χ4v) is 3.26. The lowest BCUT2D eigenvalue weighted by Crippen LogP contribution is -2.19. The van der Waals surface area contributed by atoms with Crippen LogP contribution in [0.3, 0.4) is 0 Å². The molecule has 2 aromatic carbocycles. The van der Waals surface area contributed by atoms with E-state index >= 15 is 0 Å². The van der Waals surface area contributed by atoms with Crippen LogP contribution in [-0.2, 0) is 4.79 Å². The summed E-state index contributed by atoms with van der Waals surface area (Å²) in [5.74, 6) is -0.215. The maximum Gasteiger partial charge on any atom is 0.323 e. The SMILES string of the molecule is COc1cc(NC(=O)Nc2cccc(F)c2)cc2sc(NC(C)=O)nc12. The number of amides is 3. The number of ether oxygens (including phenoxy) is 1. The van der Waals surface area contributed by atoms with E-state index in [-0.39, 0.29) is 5.91 Å². The lowest BCUT2D eigenvalue weighted by molar-refractivity contribution is -0.114. The van der Waals surface area contributed by atoms with Crippen molar-refractivity contribution in [1.29, 1.82) is 0 Å². The third kappa shape index (κ3) is 4.06. The Morgan fingerprint density at radius 2 is 1.88 bits per heavy atom. The molecule has 1 heterocycles. The number of benzene rings is 2. The number of thiazole rings is 1. The van der Waals surface area contributed by atoms with Crippen molar-refractivity contribution in [2.45, 2.75) is 6.92 Å². The number of nitrogens with one attached hydrogen (secondary N) is 3. The monoisotopic (exact) mass is 374 g/mol. The van der Waals surface area contributed by atoms with Crippen LogP contribution in [0.4, 0.5) is 25.7 Å². The maximum atomic E-state index is 13.2. The Morgan fingerprint density at radius 1 is 1.12 bits per heavy atom. The van der Waals surface area contributed by atoms with Gasteiger partial charge in [-0.1, -0.05) is 17.4 Å². The highest BCUT2D eigenvalue weighted by Gasteiger charge is 2.13. The first-order valence-electron chi connectivity index (χ1n) is 7.54. The number of halogens is 1. The van der Waals surface area contributed by atoms with Crippen LogP contribution in [-0.4, -0.2) is 24.0 Å². The van der Waals surface area contributed by atoms with Crippen LogP contribution in [0, 0.1) is 5.82 Å². The fourth-order valence-electron chi connectivity index (χ4n) is 2.29. The molecule has 3 N–H and O–H groups in total. The smallest absolute Gasteiger partial charge is 0.323 e. The molecule has 0 saturated heterocycles. The van der Waals surface area contributed by atoms with E-state index in [4.69, 9.17) is 4.74 Å². The van der Waals surface area contributed by atoms with Gasteiger partial charge in [0.25, 0.3) is 0 Å². The lowest BCUT2D eigenvalue weighted by atomic mass is 10.2. The molecule has 26 heavy (non-hydrogen) atoms. The van der Waals surface area contributed by atoms with E-state index in [1.807, 2.05) is 0 Å². The molecule has 1 aromatic heterocycles. The number of methoxy groups -OCH3 is 1. The molecule has 3 amide bonds. The molecule has 0 aliphatic heterocycles. The Labute approximate surface area is 152 Å². The van der Waals surface area contributed by atoms with Gasteiger partial charge >= 0.3 is 6.03 Å². The molecule has 134 valence electrons. The highest BCUT2D eigenvalue weighted by Crippen LogP contribution is 2.35. The minimum Gasteiger partial charge on any atom is -0.494 e. The molecule has 0 atom stereocenters. The Hall–Kier alpha value is -3.20. The van der Waals surface area contributed by atoms with Gasteiger partial charge in [-0.3, -0.25) is 4.79 Å². The van der Waals surface area contributed by atoms with E-state index in [0.717, 1.165) is 4.70 Å². The summed E-state index contributed by atoms with van der Waals surface area (Å²) in [6.07, 6.45) is 0. The fraction of sp³-hybridized carbons (Fsp3) is 0.118. The summed E-state index contributed by atoms with van der Waals surface area (Å²) in [4.78, 5) is 27.6. The van der Waals surface area contributed by atoms with E-state index in [1.54, 1.807) is 18.2 Å². The number of hydrogen-bond donors (Lipinski definition) is 3. The topological polar surface area (TPSA) is 92.4 Å². The number of anilines is 3. The third-order valence-electron chi connectivity index (χ3n) is 3.30. The predicted octanol–water partition coefficient (Wildman–Crippen LogP) is 4.05. The summed E-state index contributed by atoms with van der Waals surface area (Å²) in [5, 5.41) is 8.27. The van der Waals surface area contributed by atoms with Crippen LogP contribution in [0.25, 0.3) is 10.2 Å². The van der Waals surface area contributed by atoms with Gasteiger partial charge in [-0.15, -0.1) is 0 Å². The van der Waals surface area contributed by atoms with Gasteiger partial charge in [0.15, 0.2) is 5.13 Å². The average molecular weight is 374 g/mol. The number of aromatic nitrogens is 1. The van der Waals surface area contributed by atoms with Gasteiger partial charge in [0, 0.05) is 24.4 Å². The molecule has 0 saturated carbocycles. The Kier molecular flexibility index (Phi) is 4.99. The molecule has 3 aromatic rings. The normalized spacial score (nSPS) is 10.4. The third-order valence-corrected chi connectivity index (χ3v) is 4.22. The number of urea groups is 1. The summed E-state index contributed by atoms with van der Waals surface area (Å²) in [6, 6.07) is 8.39. The number of hydrogen-bond acceptors (Lipinski definition) is 5. The van der Waals surface area contributed by atoms with Crippen molar-refractivity contribution in [1.82, 2.24) is 4.98 Å². The predicted molar refractivity (Wildman–Crippen MR) is 99.5 cm³/mol. The molecule has 0 bridgehead atoms. The molecular formula is C17H15FN4O3S. The van der Waals surface area contributed by atoms with Crippen LogP contribution in [0.1, 0.15) is 6.92 Å². The molecule has 0 aliphatic carbocycles. The maximum absolute atomic E-state index is 13.2. The number of fused-ring (bicyclic) bond motifs is 1. The van der Waals surface area contributed by atoms with Crippen LogP contribution >= 0.6 is 11.3 Å². The average Bonchev–Trinajstić information content (AvgIpc) is 2.95. The van der Waals surface area contributed by atoms with Gasteiger partial charge in [0.1, 0.15) is 17.1 Å². The second-order valence-electron chi connectivity index (χ2n) is 5.31. The van der Waals surface area contributed by atoms with Crippen LogP contribution in [0.5, 0.6) is 5.75 Å². The first kappa shape index (κ1) is 17.6. The molecule has 7 nitrogen and oxygen atoms in total. The lowest BCUT2D eigenvalue weighted by Gasteiger charge is -2.09. The van der Waals surface area contributed by atoms with Crippen molar-refractivity contribution in [3.05, 3.63) is 42.2 Å². The number of carbonyl (C=O) groups excluding carboxylic acids is 2. The summed E-state index contributed by atoms with van der Waals surface area (Å²) < 4.78 is 19.2. The van der Waals surface area contributed by atoms with Crippen molar-refractivity contribution in [3.8, 4) is 5.75 Å². The Morgan fingerprint density at radius 3 is 2.58 bits per heavy atom. The highest BCUT2D eigenvalue weighted by molar-refractivity contribution is 7.22. The Bertz CT molecular complexity index is 989. The molecule has 0 radical (unpaired) electrons. The summed E-state index contributed by atoms with van der Waals surface area (Å²) in [7, 11) is 1.49. The number of carbonyl (C=O) groups is 2. The van der Waals surface area contributed by atoms with Gasteiger partial charge < -0.3 is 20.7 Å². The van der Waals surface area contributed by atoms with Crippen molar-refractivity contribution in [2.75, 3.05) is 23.1 Å². The summed E-state index contributed by atoms with van der Waals surface area (Å²) in [6.45, 7) is 1.40. The molecule has 0 spiro atoms. The van der Waals surface area contributed by atoms with Crippen molar-refractivity contribution in [3.63, 3.8) is 0 Å². The zero-order valence-electron chi connectivity index (χ0n) is 13.9. The number of rotatable bonds is 4.